The van der Waals surface area contributed by atoms with Gasteiger partial charge in [0.15, 0.2) is 0 Å². The van der Waals surface area contributed by atoms with Crippen LogP contribution in [-0.2, 0) is 16.0 Å². The van der Waals surface area contributed by atoms with Crippen LogP contribution in [0.2, 0.25) is 0 Å². The van der Waals surface area contributed by atoms with Crippen molar-refractivity contribution in [2.24, 2.45) is 0 Å². The summed E-state index contributed by atoms with van der Waals surface area (Å²) in [5.74, 6) is 0.559. The lowest BCUT2D eigenvalue weighted by atomic mass is 10.1. The maximum Gasteiger partial charge on any atom is 0.255 e. The highest BCUT2D eigenvalue weighted by Gasteiger charge is 2.23. The largest absolute Gasteiger partial charge is 0.493 e. The van der Waals surface area contributed by atoms with Crippen LogP contribution in [0.15, 0.2) is 42.5 Å². The molecule has 0 bridgehead atoms. The van der Waals surface area contributed by atoms with Gasteiger partial charge < -0.3 is 20.1 Å². The van der Waals surface area contributed by atoms with Gasteiger partial charge in [-0.1, -0.05) is 0 Å². The topological polar surface area (TPSA) is 76.7 Å². The average Bonchev–Trinajstić information content (AvgIpc) is 3.34. The van der Waals surface area contributed by atoms with Gasteiger partial charge in [0, 0.05) is 30.0 Å². The van der Waals surface area contributed by atoms with Crippen LogP contribution in [0.1, 0.15) is 28.8 Å². The molecule has 1 unspecified atom stereocenters. The van der Waals surface area contributed by atoms with Gasteiger partial charge in [0.1, 0.15) is 11.9 Å². The molecule has 0 saturated carbocycles. The first-order chi connectivity index (χ1) is 12.7. The van der Waals surface area contributed by atoms with Crippen molar-refractivity contribution >= 4 is 23.2 Å². The normalized spacial score (nSPS) is 18.1. The molecule has 2 aliphatic heterocycles. The zero-order chi connectivity index (χ0) is 17.9. The molecule has 2 aromatic rings. The van der Waals surface area contributed by atoms with Gasteiger partial charge >= 0.3 is 0 Å². The fraction of sp³-hybridized carbons (Fsp3) is 0.300. The molecule has 0 aromatic heterocycles. The minimum Gasteiger partial charge on any atom is -0.493 e. The number of carbonyl (C=O) groups is 2. The molecule has 6 nitrogen and oxygen atoms in total. The molecule has 26 heavy (non-hydrogen) atoms. The number of anilines is 2. The van der Waals surface area contributed by atoms with Gasteiger partial charge in [0.05, 0.1) is 6.61 Å². The third-order valence-corrected chi connectivity index (χ3v) is 4.58. The Kier molecular flexibility index (Phi) is 4.58. The second kappa shape index (κ2) is 7.17. The third-order valence-electron chi connectivity index (χ3n) is 4.58. The van der Waals surface area contributed by atoms with E-state index in [-0.39, 0.29) is 17.9 Å². The van der Waals surface area contributed by atoms with Gasteiger partial charge in [-0.25, -0.2) is 0 Å². The zero-order valence-corrected chi connectivity index (χ0v) is 14.3. The van der Waals surface area contributed by atoms with E-state index in [0.717, 1.165) is 30.6 Å². The molecule has 0 radical (unpaired) electrons. The Bertz CT molecular complexity index is 826. The number of rotatable bonds is 4. The molecule has 2 amide bonds. The van der Waals surface area contributed by atoms with Gasteiger partial charge in [-0.15, -0.1) is 0 Å². The standard InChI is InChI=1S/C20H20N2O4/c23-19(14-3-8-17-13(12-14)9-11-26-17)21-15-4-6-16(7-5-15)22-20(24)18-2-1-10-25-18/h3-8,12,18H,1-2,9-11H2,(H,21,23)(H,22,24). The summed E-state index contributed by atoms with van der Waals surface area (Å²) in [5, 5.41) is 5.70. The number of benzene rings is 2. The third kappa shape index (κ3) is 3.55. The summed E-state index contributed by atoms with van der Waals surface area (Å²) in [4.78, 5) is 24.5. The number of fused-ring (bicyclic) bond motifs is 1. The Labute approximate surface area is 151 Å². The second-order valence-corrected chi connectivity index (χ2v) is 6.44. The van der Waals surface area contributed by atoms with Crippen molar-refractivity contribution in [3.05, 3.63) is 53.6 Å². The van der Waals surface area contributed by atoms with Crippen LogP contribution >= 0.6 is 0 Å². The Morgan fingerprint density at radius 2 is 1.73 bits per heavy atom. The molecular weight excluding hydrogens is 332 g/mol. The average molecular weight is 352 g/mol. The molecule has 2 aromatic carbocycles. The zero-order valence-electron chi connectivity index (χ0n) is 14.3. The highest BCUT2D eigenvalue weighted by atomic mass is 16.5. The first kappa shape index (κ1) is 16.6. The number of nitrogens with one attached hydrogen (secondary N) is 2. The lowest BCUT2D eigenvalue weighted by Crippen LogP contribution is -2.26. The van der Waals surface area contributed by atoms with Crippen molar-refractivity contribution in [3.8, 4) is 5.75 Å². The maximum absolute atomic E-state index is 12.4. The summed E-state index contributed by atoms with van der Waals surface area (Å²) in [6.45, 7) is 1.30. The summed E-state index contributed by atoms with van der Waals surface area (Å²) in [7, 11) is 0. The van der Waals surface area contributed by atoms with Crippen LogP contribution in [0.4, 0.5) is 11.4 Å². The molecule has 0 spiro atoms. The van der Waals surface area contributed by atoms with E-state index < -0.39 is 0 Å². The van der Waals surface area contributed by atoms with E-state index in [1.807, 2.05) is 12.1 Å². The first-order valence-electron chi connectivity index (χ1n) is 8.79. The van der Waals surface area contributed by atoms with Gasteiger partial charge in [0.2, 0.25) is 0 Å². The van der Waals surface area contributed by atoms with E-state index in [1.165, 1.54) is 0 Å². The number of carbonyl (C=O) groups excluding carboxylic acids is 2. The maximum atomic E-state index is 12.4. The van der Waals surface area contributed by atoms with E-state index >= 15 is 0 Å². The lowest BCUT2D eigenvalue weighted by Gasteiger charge is -2.11. The van der Waals surface area contributed by atoms with E-state index in [1.54, 1.807) is 30.3 Å². The fourth-order valence-corrected chi connectivity index (χ4v) is 3.18. The van der Waals surface area contributed by atoms with Crippen molar-refractivity contribution in [2.75, 3.05) is 23.8 Å². The number of hydrogen-bond donors (Lipinski definition) is 2. The van der Waals surface area contributed by atoms with Crippen molar-refractivity contribution in [3.63, 3.8) is 0 Å². The first-order valence-corrected chi connectivity index (χ1v) is 8.79. The number of amides is 2. The fourth-order valence-electron chi connectivity index (χ4n) is 3.18. The van der Waals surface area contributed by atoms with Crippen LogP contribution in [0.5, 0.6) is 5.75 Å². The predicted octanol–water partition coefficient (Wildman–Crippen LogP) is 2.99. The minimum atomic E-state index is -0.363. The van der Waals surface area contributed by atoms with Crippen LogP contribution in [-0.4, -0.2) is 31.1 Å². The Morgan fingerprint density at radius 1 is 0.962 bits per heavy atom. The van der Waals surface area contributed by atoms with Crippen molar-refractivity contribution in [1.29, 1.82) is 0 Å². The lowest BCUT2D eigenvalue weighted by molar-refractivity contribution is -0.124. The highest BCUT2D eigenvalue weighted by molar-refractivity contribution is 6.04. The van der Waals surface area contributed by atoms with Crippen molar-refractivity contribution < 1.29 is 19.1 Å². The quantitative estimate of drug-likeness (QED) is 0.887. The Hall–Kier alpha value is -2.86. The summed E-state index contributed by atoms with van der Waals surface area (Å²) in [6, 6.07) is 12.5. The molecule has 134 valence electrons. The molecule has 1 saturated heterocycles. The summed E-state index contributed by atoms with van der Waals surface area (Å²) < 4.78 is 10.8. The minimum absolute atomic E-state index is 0.125. The van der Waals surface area contributed by atoms with Crippen molar-refractivity contribution in [2.45, 2.75) is 25.4 Å². The van der Waals surface area contributed by atoms with E-state index in [2.05, 4.69) is 10.6 Å². The highest BCUT2D eigenvalue weighted by Crippen LogP contribution is 2.26. The second-order valence-electron chi connectivity index (χ2n) is 6.44. The van der Waals surface area contributed by atoms with Gasteiger partial charge in [-0.2, -0.15) is 0 Å². The van der Waals surface area contributed by atoms with Gasteiger partial charge in [-0.05, 0) is 60.9 Å². The SMILES string of the molecule is O=C(Nc1ccc(NC(=O)C2CCCO2)cc1)c1ccc2c(c1)CCO2. The molecule has 0 aliphatic carbocycles. The summed E-state index contributed by atoms with van der Waals surface area (Å²) >= 11 is 0. The molecule has 6 heteroatoms. The smallest absolute Gasteiger partial charge is 0.255 e. The Balaban J connectivity index is 1.37. The molecule has 1 atom stereocenters. The van der Waals surface area contributed by atoms with Crippen molar-refractivity contribution in [1.82, 2.24) is 0 Å². The van der Waals surface area contributed by atoms with Gasteiger partial charge in [-0.3, -0.25) is 9.59 Å². The molecule has 1 fully saturated rings. The van der Waals surface area contributed by atoms with Crippen LogP contribution < -0.4 is 15.4 Å². The predicted molar refractivity (Wildman–Crippen MR) is 97.6 cm³/mol. The molecule has 2 heterocycles. The van der Waals surface area contributed by atoms with Gasteiger partial charge in [0.25, 0.3) is 11.8 Å². The summed E-state index contributed by atoms with van der Waals surface area (Å²) in [6.07, 6.45) is 2.14. The number of hydrogen-bond acceptors (Lipinski definition) is 4. The van der Waals surface area contributed by atoms with Crippen LogP contribution in [0.3, 0.4) is 0 Å². The number of ether oxygens (including phenoxy) is 2. The van der Waals surface area contributed by atoms with Crippen LogP contribution in [0, 0.1) is 0 Å². The molecule has 2 N–H and O–H groups in total. The monoisotopic (exact) mass is 352 g/mol. The van der Waals surface area contributed by atoms with Crippen LogP contribution in [0.25, 0.3) is 0 Å². The summed E-state index contributed by atoms with van der Waals surface area (Å²) in [5.41, 5.74) is 3.01. The van der Waals surface area contributed by atoms with E-state index in [4.69, 9.17) is 9.47 Å². The molecule has 2 aliphatic rings. The van der Waals surface area contributed by atoms with E-state index in [9.17, 15) is 9.59 Å². The molecule has 4 rings (SSSR count). The Morgan fingerprint density at radius 3 is 2.46 bits per heavy atom. The molecular formula is C20H20N2O4. The van der Waals surface area contributed by atoms with E-state index in [0.29, 0.717) is 30.2 Å².